The van der Waals surface area contributed by atoms with Crippen molar-refractivity contribution in [3.8, 4) is 11.3 Å². The van der Waals surface area contributed by atoms with Gasteiger partial charge in [-0.1, -0.05) is 6.07 Å². The predicted octanol–water partition coefficient (Wildman–Crippen LogP) is 4.70. The van der Waals surface area contributed by atoms with Crippen LogP contribution in [0.2, 0.25) is 0 Å². The second kappa shape index (κ2) is 6.18. The van der Waals surface area contributed by atoms with Crippen molar-refractivity contribution in [2.45, 2.75) is 6.92 Å². The fourth-order valence-electron chi connectivity index (χ4n) is 2.12. The third kappa shape index (κ3) is 3.37. The Morgan fingerprint density at radius 3 is 2.83 bits per heavy atom. The number of thiazole rings is 1. The van der Waals surface area contributed by atoms with Crippen LogP contribution in [0.1, 0.15) is 15.9 Å². The number of aryl methyl sites for hydroxylation is 1. The SMILES string of the molecule is Cc1cc(-c2csc(Nc3cccc(C(=O)O)c3)n2)ccc1F. The van der Waals surface area contributed by atoms with Crippen molar-refractivity contribution in [3.63, 3.8) is 0 Å². The van der Waals surface area contributed by atoms with E-state index >= 15 is 0 Å². The zero-order valence-electron chi connectivity index (χ0n) is 12.2. The second-order valence-electron chi connectivity index (χ2n) is 5.01. The van der Waals surface area contributed by atoms with Crippen molar-refractivity contribution in [2.24, 2.45) is 0 Å². The number of carbonyl (C=O) groups is 1. The fraction of sp³-hybridized carbons (Fsp3) is 0.0588. The molecule has 3 aromatic rings. The maximum absolute atomic E-state index is 13.3. The number of nitrogens with zero attached hydrogens (tertiary/aromatic N) is 1. The smallest absolute Gasteiger partial charge is 0.335 e. The third-order valence-corrected chi connectivity index (χ3v) is 4.08. The second-order valence-corrected chi connectivity index (χ2v) is 5.87. The lowest BCUT2D eigenvalue weighted by Crippen LogP contribution is -1.97. The van der Waals surface area contributed by atoms with Gasteiger partial charge in [0.05, 0.1) is 11.3 Å². The highest BCUT2D eigenvalue weighted by Crippen LogP contribution is 2.28. The van der Waals surface area contributed by atoms with Gasteiger partial charge in [-0.05, 0) is 48.9 Å². The Balaban J connectivity index is 1.83. The molecule has 0 bridgehead atoms. The van der Waals surface area contributed by atoms with Crippen LogP contribution in [-0.4, -0.2) is 16.1 Å². The predicted molar refractivity (Wildman–Crippen MR) is 88.9 cm³/mol. The van der Waals surface area contributed by atoms with Crippen LogP contribution in [0.15, 0.2) is 47.8 Å². The van der Waals surface area contributed by atoms with Crippen LogP contribution < -0.4 is 5.32 Å². The highest BCUT2D eigenvalue weighted by molar-refractivity contribution is 7.14. The number of anilines is 2. The maximum Gasteiger partial charge on any atom is 0.335 e. The quantitative estimate of drug-likeness (QED) is 0.729. The maximum atomic E-state index is 13.3. The normalized spacial score (nSPS) is 10.5. The van der Waals surface area contributed by atoms with E-state index in [-0.39, 0.29) is 11.4 Å². The Morgan fingerprint density at radius 2 is 2.09 bits per heavy atom. The largest absolute Gasteiger partial charge is 0.478 e. The minimum Gasteiger partial charge on any atom is -0.478 e. The van der Waals surface area contributed by atoms with Crippen LogP contribution in [-0.2, 0) is 0 Å². The average molecular weight is 328 g/mol. The van der Waals surface area contributed by atoms with Crippen LogP contribution in [0.25, 0.3) is 11.3 Å². The molecule has 0 spiro atoms. The summed E-state index contributed by atoms with van der Waals surface area (Å²) >= 11 is 1.40. The van der Waals surface area contributed by atoms with Crippen molar-refractivity contribution >= 4 is 28.1 Å². The minimum absolute atomic E-state index is 0.209. The van der Waals surface area contributed by atoms with Gasteiger partial charge in [0.15, 0.2) is 5.13 Å². The Kier molecular flexibility index (Phi) is 4.08. The van der Waals surface area contributed by atoms with Gasteiger partial charge >= 0.3 is 5.97 Å². The van der Waals surface area contributed by atoms with E-state index < -0.39 is 5.97 Å². The Bertz CT molecular complexity index is 877. The number of carboxylic acid groups (broad SMARTS) is 1. The van der Waals surface area contributed by atoms with Crippen LogP contribution >= 0.6 is 11.3 Å². The molecule has 1 aromatic heterocycles. The van der Waals surface area contributed by atoms with Gasteiger partial charge in [0.1, 0.15) is 5.82 Å². The number of benzene rings is 2. The summed E-state index contributed by atoms with van der Waals surface area (Å²) in [6, 6.07) is 11.4. The van der Waals surface area contributed by atoms with Crippen LogP contribution in [0.3, 0.4) is 0 Å². The molecule has 0 fully saturated rings. The molecule has 116 valence electrons. The highest BCUT2D eigenvalue weighted by Gasteiger charge is 2.08. The van der Waals surface area contributed by atoms with Gasteiger partial charge in [0.25, 0.3) is 0 Å². The van der Waals surface area contributed by atoms with Gasteiger partial charge < -0.3 is 10.4 Å². The molecule has 4 nitrogen and oxygen atoms in total. The van der Waals surface area contributed by atoms with Gasteiger partial charge in [-0.2, -0.15) is 0 Å². The molecule has 0 aliphatic heterocycles. The van der Waals surface area contributed by atoms with E-state index in [1.807, 2.05) is 5.38 Å². The molecule has 3 rings (SSSR count). The zero-order chi connectivity index (χ0) is 16.4. The summed E-state index contributed by atoms with van der Waals surface area (Å²) in [6.07, 6.45) is 0. The highest BCUT2D eigenvalue weighted by atomic mass is 32.1. The van der Waals surface area contributed by atoms with Crippen LogP contribution in [0, 0.1) is 12.7 Å². The summed E-state index contributed by atoms with van der Waals surface area (Å²) in [6.45, 7) is 1.71. The summed E-state index contributed by atoms with van der Waals surface area (Å²) in [7, 11) is 0. The van der Waals surface area contributed by atoms with E-state index in [1.54, 1.807) is 37.3 Å². The van der Waals surface area contributed by atoms with Crippen molar-refractivity contribution < 1.29 is 14.3 Å². The van der Waals surface area contributed by atoms with Crippen molar-refractivity contribution in [1.29, 1.82) is 0 Å². The number of halogens is 1. The first-order valence-electron chi connectivity index (χ1n) is 6.85. The first-order valence-corrected chi connectivity index (χ1v) is 7.73. The van der Waals surface area contributed by atoms with E-state index in [9.17, 15) is 9.18 Å². The molecule has 2 aromatic carbocycles. The molecule has 0 unspecified atom stereocenters. The lowest BCUT2D eigenvalue weighted by Gasteiger charge is -2.03. The zero-order valence-corrected chi connectivity index (χ0v) is 13.0. The van der Waals surface area contributed by atoms with E-state index in [2.05, 4.69) is 10.3 Å². The molecule has 0 saturated heterocycles. The summed E-state index contributed by atoms with van der Waals surface area (Å²) in [5, 5.41) is 14.6. The number of carboxylic acids is 1. The molecule has 0 saturated carbocycles. The van der Waals surface area contributed by atoms with E-state index in [0.717, 1.165) is 11.3 Å². The lowest BCUT2D eigenvalue weighted by atomic mass is 10.1. The molecule has 0 aliphatic carbocycles. The molecular formula is C17H13FN2O2S. The molecule has 0 aliphatic rings. The summed E-state index contributed by atoms with van der Waals surface area (Å²) < 4.78 is 13.3. The number of aromatic nitrogens is 1. The molecule has 1 heterocycles. The summed E-state index contributed by atoms with van der Waals surface area (Å²) in [4.78, 5) is 15.4. The molecule has 23 heavy (non-hydrogen) atoms. The van der Waals surface area contributed by atoms with Gasteiger partial charge in [-0.15, -0.1) is 11.3 Å². The monoisotopic (exact) mass is 328 g/mol. The average Bonchev–Trinajstić information content (AvgIpc) is 2.99. The topological polar surface area (TPSA) is 62.2 Å². The number of hydrogen-bond donors (Lipinski definition) is 2. The van der Waals surface area contributed by atoms with Gasteiger partial charge in [0, 0.05) is 16.6 Å². The number of rotatable bonds is 4. The Hall–Kier alpha value is -2.73. The van der Waals surface area contributed by atoms with Gasteiger partial charge in [-0.3, -0.25) is 0 Å². The first-order chi connectivity index (χ1) is 11.0. The number of nitrogens with one attached hydrogen (secondary N) is 1. The van der Waals surface area contributed by atoms with Gasteiger partial charge in [0.2, 0.25) is 0 Å². The van der Waals surface area contributed by atoms with Gasteiger partial charge in [-0.25, -0.2) is 14.2 Å². The molecule has 2 N–H and O–H groups in total. The lowest BCUT2D eigenvalue weighted by molar-refractivity contribution is 0.0697. The minimum atomic E-state index is -0.977. The molecule has 0 atom stereocenters. The summed E-state index contributed by atoms with van der Waals surface area (Å²) in [5.41, 5.74) is 3.02. The Morgan fingerprint density at radius 1 is 1.26 bits per heavy atom. The first kappa shape index (κ1) is 15.2. The number of hydrogen-bond acceptors (Lipinski definition) is 4. The third-order valence-electron chi connectivity index (χ3n) is 3.32. The van der Waals surface area contributed by atoms with Crippen LogP contribution in [0.4, 0.5) is 15.2 Å². The van der Waals surface area contributed by atoms with E-state index in [1.165, 1.54) is 23.5 Å². The van der Waals surface area contributed by atoms with Crippen molar-refractivity contribution in [3.05, 3.63) is 64.8 Å². The molecule has 0 amide bonds. The van der Waals surface area contributed by atoms with E-state index in [0.29, 0.717) is 16.4 Å². The summed E-state index contributed by atoms with van der Waals surface area (Å²) in [5.74, 6) is -1.22. The van der Waals surface area contributed by atoms with Crippen LogP contribution in [0.5, 0.6) is 0 Å². The Labute approximate surface area is 136 Å². The van der Waals surface area contributed by atoms with Crippen molar-refractivity contribution in [1.82, 2.24) is 4.98 Å². The van der Waals surface area contributed by atoms with E-state index in [4.69, 9.17) is 5.11 Å². The molecule has 0 radical (unpaired) electrons. The fourth-order valence-corrected chi connectivity index (χ4v) is 2.86. The molecule has 6 heteroatoms. The standard InChI is InChI=1S/C17H13FN2O2S/c1-10-7-11(5-6-14(10)18)15-9-23-17(20-15)19-13-4-2-3-12(8-13)16(21)22/h2-9H,1H3,(H,19,20)(H,21,22). The number of aromatic carboxylic acids is 1. The van der Waals surface area contributed by atoms with Crippen molar-refractivity contribution in [2.75, 3.05) is 5.32 Å². The molecular weight excluding hydrogens is 315 g/mol.